The van der Waals surface area contributed by atoms with Crippen molar-refractivity contribution in [2.75, 3.05) is 25.0 Å². The van der Waals surface area contributed by atoms with Crippen LogP contribution >= 0.6 is 0 Å². The number of likely N-dealkylation sites (N-methyl/N-ethyl adjacent to an activating group) is 1. The van der Waals surface area contributed by atoms with Gasteiger partial charge in [-0.3, -0.25) is 9.30 Å². The smallest absolute Gasteiger partial charge is 0.203 e. The number of halogens is 2. The predicted molar refractivity (Wildman–Crippen MR) is 84.6 cm³/mol. The molecule has 0 atom stereocenters. The maximum atomic E-state index is 13.8. The Morgan fingerprint density at radius 1 is 1.29 bits per heavy atom. The molecule has 0 amide bonds. The molecule has 0 saturated carbocycles. The van der Waals surface area contributed by atoms with Crippen molar-refractivity contribution in [3.63, 3.8) is 0 Å². The lowest BCUT2D eigenvalue weighted by molar-refractivity contribution is 0.194. The minimum absolute atomic E-state index is 0.277. The van der Waals surface area contributed by atoms with Gasteiger partial charge in [-0.1, -0.05) is 6.07 Å². The minimum atomic E-state index is -0.554. The Labute approximate surface area is 137 Å². The summed E-state index contributed by atoms with van der Waals surface area (Å²) in [7, 11) is 1.94. The van der Waals surface area contributed by atoms with E-state index in [4.69, 9.17) is 0 Å². The molecule has 1 saturated heterocycles. The van der Waals surface area contributed by atoms with Crippen LogP contribution in [0.15, 0.2) is 36.9 Å². The van der Waals surface area contributed by atoms with E-state index < -0.39 is 11.6 Å². The lowest BCUT2D eigenvalue weighted by atomic mass is 10.1. The van der Waals surface area contributed by atoms with E-state index in [0.29, 0.717) is 12.1 Å². The van der Waals surface area contributed by atoms with E-state index in [1.807, 2.05) is 11.4 Å². The van der Waals surface area contributed by atoms with Crippen LogP contribution in [-0.2, 0) is 6.54 Å². The number of nitrogens with zero attached hydrogens (tertiary/aromatic N) is 6. The molecule has 1 aliphatic heterocycles. The Balaban J connectivity index is 1.42. The minimum Gasteiger partial charge on any atom is -0.350 e. The van der Waals surface area contributed by atoms with Crippen LogP contribution in [0.5, 0.6) is 0 Å². The van der Waals surface area contributed by atoms with Gasteiger partial charge in [0.15, 0.2) is 5.82 Å². The molecule has 3 aromatic rings. The van der Waals surface area contributed by atoms with Crippen LogP contribution in [0.2, 0.25) is 0 Å². The number of aromatic nitrogens is 4. The highest BCUT2D eigenvalue weighted by Gasteiger charge is 2.32. The third kappa shape index (κ3) is 2.58. The van der Waals surface area contributed by atoms with Gasteiger partial charge in [0.1, 0.15) is 18.0 Å². The fraction of sp³-hybridized carbons (Fsp3) is 0.312. The van der Waals surface area contributed by atoms with Gasteiger partial charge in [-0.25, -0.2) is 13.8 Å². The topological polar surface area (TPSA) is 49.6 Å². The van der Waals surface area contributed by atoms with Crippen molar-refractivity contribution in [1.29, 1.82) is 0 Å². The first-order chi connectivity index (χ1) is 11.6. The van der Waals surface area contributed by atoms with Crippen molar-refractivity contribution in [3.05, 3.63) is 54.1 Å². The molecule has 0 N–H and O–H groups in total. The first-order valence-corrected chi connectivity index (χ1v) is 7.65. The standard InChI is InChI=1S/C16H16F2N6/c1-22(7-11-2-3-12(17)6-14(11)18)13-8-24(9-13)15-16-21-20-10-23(16)5-4-19-15/h2-6,10,13H,7-9H2,1H3. The van der Waals surface area contributed by atoms with E-state index >= 15 is 0 Å². The maximum Gasteiger partial charge on any atom is 0.203 e. The lowest BCUT2D eigenvalue weighted by Crippen LogP contribution is -2.58. The summed E-state index contributed by atoms with van der Waals surface area (Å²) in [6.07, 6.45) is 5.16. The highest BCUT2D eigenvalue weighted by atomic mass is 19.1. The fourth-order valence-corrected chi connectivity index (χ4v) is 2.92. The second-order valence-electron chi connectivity index (χ2n) is 6.02. The second-order valence-corrected chi connectivity index (χ2v) is 6.02. The average molecular weight is 330 g/mol. The molecule has 2 aromatic heterocycles. The molecule has 124 valence electrons. The van der Waals surface area contributed by atoms with E-state index in [9.17, 15) is 8.78 Å². The lowest BCUT2D eigenvalue weighted by Gasteiger charge is -2.44. The molecule has 0 unspecified atom stereocenters. The summed E-state index contributed by atoms with van der Waals surface area (Å²) in [5.41, 5.74) is 1.22. The van der Waals surface area contributed by atoms with Crippen LogP contribution in [0.25, 0.3) is 5.65 Å². The van der Waals surface area contributed by atoms with Gasteiger partial charge < -0.3 is 4.90 Å². The summed E-state index contributed by atoms with van der Waals surface area (Å²) >= 11 is 0. The normalized spacial score (nSPS) is 15.2. The molecular formula is C16H16F2N6. The summed E-state index contributed by atoms with van der Waals surface area (Å²) in [6, 6.07) is 3.98. The molecule has 24 heavy (non-hydrogen) atoms. The van der Waals surface area contributed by atoms with Crippen LogP contribution in [-0.4, -0.2) is 50.7 Å². The number of benzene rings is 1. The Morgan fingerprint density at radius 2 is 2.12 bits per heavy atom. The molecule has 1 aromatic carbocycles. The molecule has 3 heterocycles. The van der Waals surface area contributed by atoms with Crippen molar-refractivity contribution < 1.29 is 8.78 Å². The zero-order valence-electron chi connectivity index (χ0n) is 13.1. The number of hydrogen-bond donors (Lipinski definition) is 0. The predicted octanol–water partition coefficient (Wildman–Crippen LogP) is 1.72. The molecule has 0 spiro atoms. The Bertz CT molecular complexity index is 874. The highest BCUT2D eigenvalue weighted by molar-refractivity contribution is 5.64. The highest BCUT2D eigenvalue weighted by Crippen LogP contribution is 2.25. The van der Waals surface area contributed by atoms with Crippen LogP contribution in [0.3, 0.4) is 0 Å². The molecular weight excluding hydrogens is 314 g/mol. The molecule has 0 radical (unpaired) electrons. The van der Waals surface area contributed by atoms with E-state index in [0.717, 1.165) is 30.6 Å². The van der Waals surface area contributed by atoms with Gasteiger partial charge in [-0.05, 0) is 13.1 Å². The van der Waals surface area contributed by atoms with Gasteiger partial charge in [-0.2, -0.15) is 0 Å². The van der Waals surface area contributed by atoms with E-state index in [1.165, 1.54) is 12.1 Å². The van der Waals surface area contributed by atoms with Gasteiger partial charge in [0.25, 0.3) is 0 Å². The Kier molecular flexibility index (Phi) is 3.61. The first kappa shape index (κ1) is 14.9. The molecule has 8 heteroatoms. The third-order valence-electron chi connectivity index (χ3n) is 4.42. The molecule has 0 bridgehead atoms. The summed E-state index contributed by atoms with van der Waals surface area (Å²) in [5, 5.41) is 7.98. The Morgan fingerprint density at radius 3 is 2.92 bits per heavy atom. The van der Waals surface area contributed by atoms with Crippen LogP contribution in [0.4, 0.5) is 14.6 Å². The molecule has 1 fully saturated rings. The largest absolute Gasteiger partial charge is 0.350 e. The van der Waals surface area contributed by atoms with Gasteiger partial charge in [0.2, 0.25) is 5.65 Å². The SMILES string of the molecule is CN(Cc1ccc(F)cc1F)C1CN(c2nccn3cnnc23)C1. The summed E-state index contributed by atoms with van der Waals surface area (Å²) in [6.45, 7) is 1.99. The number of fused-ring (bicyclic) bond motifs is 1. The number of rotatable bonds is 4. The average Bonchev–Trinajstić information content (AvgIpc) is 2.98. The molecule has 0 aliphatic carbocycles. The molecule has 4 rings (SSSR count). The quantitative estimate of drug-likeness (QED) is 0.729. The van der Waals surface area contributed by atoms with Crippen molar-refractivity contribution in [1.82, 2.24) is 24.5 Å². The summed E-state index contributed by atoms with van der Waals surface area (Å²) in [4.78, 5) is 8.57. The monoisotopic (exact) mass is 330 g/mol. The van der Waals surface area contributed by atoms with Crippen molar-refractivity contribution in [3.8, 4) is 0 Å². The second kappa shape index (κ2) is 5.79. The molecule has 6 nitrogen and oxygen atoms in total. The van der Waals surface area contributed by atoms with Gasteiger partial charge >= 0.3 is 0 Å². The summed E-state index contributed by atoms with van der Waals surface area (Å²) in [5.74, 6) is -0.262. The summed E-state index contributed by atoms with van der Waals surface area (Å²) < 4.78 is 28.6. The first-order valence-electron chi connectivity index (χ1n) is 7.65. The number of hydrogen-bond acceptors (Lipinski definition) is 5. The van der Waals surface area contributed by atoms with E-state index in [1.54, 1.807) is 18.7 Å². The van der Waals surface area contributed by atoms with E-state index in [-0.39, 0.29) is 6.04 Å². The van der Waals surface area contributed by atoms with Gasteiger partial charge in [0, 0.05) is 49.7 Å². The third-order valence-corrected chi connectivity index (χ3v) is 4.42. The zero-order valence-corrected chi connectivity index (χ0v) is 13.1. The van der Waals surface area contributed by atoms with E-state index in [2.05, 4.69) is 25.0 Å². The van der Waals surface area contributed by atoms with Crippen molar-refractivity contribution in [2.24, 2.45) is 0 Å². The van der Waals surface area contributed by atoms with Gasteiger partial charge in [0.05, 0.1) is 0 Å². The van der Waals surface area contributed by atoms with Crippen LogP contribution < -0.4 is 4.90 Å². The van der Waals surface area contributed by atoms with Crippen molar-refractivity contribution in [2.45, 2.75) is 12.6 Å². The van der Waals surface area contributed by atoms with Crippen LogP contribution in [0.1, 0.15) is 5.56 Å². The van der Waals surface area contributed by atoms with Crippen LogP contribution in [0, 0.1) is 11.6 Å². The molecule has 1 aliphatic rings. The maximum absolute atomic E-state index is 13.8. The van der Waals surface area contributed by atoms with Gasteiger partial charge in [-0.15, -0.1) is 10.2 Å². The Hall–Kier alpha value is -2.61. The number of anilines is 1. The fourth-order valence-electron chi connectivity index (χ4n) is 2.92. The zero-order chi connectivity index (χ0) is 16.7. The van der Waals surface area contributed by atoms with Crippen molar-refractivity contribution >= 4 is 11.5 Å².